The number of aryl methyl sites for hydroxylation is 4. The number of nitrogens with zero attached hydrogens (tertiary/aromatic N) is 4. The summed E-state index contributed by atoms with van der Waals surface area (Å²) in [6, 6.07) is 85.3. The molecule has 0 bridgehead atoms. The molecule has 113 heavy (non-hydrogen) atoms. The highest BCUT2D eigenvalue weighted by atomic mass is 28.2. The maximum atomic E-state index is 13.5. The fraction of sp³-hybridized carbons (Fsp3) is 0.227. The zero-order valence-electron chi connectivity index (χ0n) is 66.4. The average Bonchev–Trinajstić information content (AvgIpc) is 0.720. The number of cyclic esters (lactones) is 1. The third-order valence-electron chi connectivity index (χ3n) is 22.6. The lowest BCUT2D eigenvalue weighted by atomic mass is 9.75. The Hall–Kier alpha value is -12.5. The number of fused-ring (bicyclic) bond motifs is 11. The summed E-state index contributed by atoms with van der Waals surface area (Å²) >= 11 is 0. The number of hydrogen-bond acceptors (Lipinski definition) is 15. The van der Waals surface area contributed by atoms with Crippen LogP contribution in [0.15, 0.2) is 255 Å². The van der Waals surface area contributed by atoms with Gasteiger partial charge in [0, 0.05) is 169 Å². The number of ether oxygens (including phenoxy) is 5. The van der Waals surface area contributed by atoms with Crippen LogP contribution < -0.4 is 44.1 Å². The highest BCUT2D eigenvalue weighted by Gasteiger charge is 2.52. The molecule has 0 fully saturated rings. The SMILES string of the molecule is CCN(CC)c1ccc(C2(c3ccc(N(C)c4ccccc4)cc3)Cc3ccccc3C(=O)O2)c(O[SiH2]C)c1.CCN(CC)c1ccc2c(c1)Oc1cc(C)c(Nc3ccc(C)cc3C)cc1C21Cc2ccccc2C(=O)O1.Cc1ccc(Nc2ccc3c(c2)C2(Cc4ccccc4C(=O)O2)c2ccc(N(C)C)cc2O3)cc1. The number of carbonyl (C=O) groups excluding carboxylic acids is 3. The van der Waals surface area contributed by atoms with Crippen LogP contribution in [-0.2, 0) is 50.3 Å². The molecular weight excluding hydrogens is 1420 g/mol. The molecule has 5 aliphatic rings. The normalized spacial score (nSPS) is 17.0. The van der Waals surface area contributed by atoms with Gasteiger partial charge in [0.05, 0.1) is 16.7 Å². The number of para-hydroxylation sites is 1. The minimum atomic E-state index is -1.00. The second-order valence-corrected chi connectivity index (χ2v) is 30.7. The summed E-state index contributed by atoms with van der Waals surface area (Å²) in [7, 11) is 5.26. The van der Waals surface area contributed by atoms with Crippen LogP contribution in [0.2, 0.25) is 6.55 Å². The van der Waals surface area contributed by atoms with Gasteiger partial charge < -0.3 is 58.3 Å². The van der Waals surface area contributed by atoms with Crippen LogP contribution in [0.1, 0.15) is 131 Å². The van der Waals surface area contributed by atoms with Gasteiger partial charge in [-0.1, -0.05) is 120 Å². The first-order valence-electron chi connectivity index (χ1n) is 39.2. The third-order valence-corrected chi connectivity index (χ3v) is 23.2. The summed E-state index contributed by atoms with van der Waals surface area (Å²) in [6.07, 6.45) is 1.61. The van der Waals surface area contributed by atoms with Crippen molar-refractivity contribution in [2.75, 3.05) is 77.6 Å². The number of anilines is 9. The molecular formula is C97H96N6O9Si. The van der Waals surface area contributed by atoms with Gasteiger partial charge in [-0.3, -0.25) is 0 Å². The zero-order chi connectivity index (χ0) is 78.9. The highest BCUT2D eigenvalue weighted by molar-refractivity contribution is 6.26. The van der Waals surface area contributed by atoms with Crippen molar-refractivity contribution >= 4 is 78.9 Å². The van der Waals surface area contributed by atoms with Crippen molar-refractivity contribution in [2.45, 2.75) is 98.0 Å². The second kappa shape index (κ2) is 31.7. The van der Waals surface area contributed by atoms with Gasteiger partial charge in [-0.05, 0) is 217 Å². The highest BCUT2D eigenvalue weighted by Crippen LogP contribution is 2.57. The minimum Gasteiger partial charge on any atom is -0.549 e. The number of esters is 3. The Balaban J connectivity index is 0.000000134. The van der Waals surface area contributed by atoms with Gasteiger partial charge >= 0.3 is 17.9 Å². The monoisotopic (exact) mass is 1520 g/mol. The van der Waals surface area contributed by atoms with Gasteiger partial charge in [-0.25, -0.2) is 14.4 Å². The summed E-state index contributed by atoms with van der Waals surface area (Å²) in [6.45, 7) is 22.7. The molecule has 2 N–H and O–H groups in total. The van der Waals surface area contributed by atoms with Crippen LogP contribution >= 0.6 is 0 Å². The fourth-order valence-electron chi connectivity index (χ4n) is 16.5. The van der Waals surface area contributed by atoms with Gasteiger partial charge in [0.15, 0.2) is 16.8 Å². The van der Waals surface area contributed by atoms with Crippen LogP contribution in [-0.4, -0.2) is 75.0 Å². The van der Waals surface area contributed by atoms with Crippen LogP contribution in [0, 0.1) is 27.7 Å². The van der Waals surface area contributed by atoms with Crippen LogP contribution in [0.25, 0.3) is 0 Å². The number of rotatable bonds is 17. The second-order valence-electron chi connectivity index (χ2n) is 29.8. The molecule has 5 aliphatic heterocycles. The molecule has 12 aromatic rings. The summed E-state index contributed by atoms with van der Waals surface area (Å²) in [5.74, 6) is 2.70. The van der Waals surface area contributed by atoms with Crippen LogP contribution in [0.3, 0.4) is 0 Å². The lowest BCUT2D eigenvalue weighted by molar-refractivity contribution is -0.0121. The Bertz CT molecular complexity index is 5590. The average molecular weight is 1520 g/mol. The van der Waals surface area contributed by atoms with Gasteiger partial charge in [0.2, 0.25) is 9.76 Å². The molecule has 12 aromatic carbocycles. The van der Waals surface area contributed by atoms with Crippen molar-refractivity contribution in [1.82, 2.24) is 0 Å². The van der Waals surface area contributed by atoms with E-state index in [1.165, 1.54) is 16.7 Å². The number of hydrogen-bond donors (Lipinski definition) is 2. The van der Waals surface area contributed by atoms with Crippen molar-refractivity contribution in [3.05, 3.63) is 344 Å². The summed E-state index contributed by atoms with van der Waals surface area (Å²) in [4.78, 5) is 49.0. The van der Waals surface area contributed by atoms with E-state index in [4.69, 9.17) is 28.1 Å². The molecule has 2 spiro atoms. The third kappa shape index (κ3) is 14.6. The molecule has 15 nitrogen and oxygen atoms in total. The van der Waals surface area contributed by atoms with Crippen molar-refractivity contribution in [3.8, 4) is 28.7 Å². The molecule has 17 rings (SSSR count). The first-order valence-corrected chi connectivity index (χ1v) is 41.1. The standard InChI is InChI=1S/C34H34N2O3.C33H36N2O3Si.C30H26N2O3/c1-6-36(7-2)25-13-14-27-32(18-25)38-31-17-23(5)30(35-29-15-12-21(3)16-22(29)4)19-28(31)34(27)20-24-10-8-9-11-26(24)33(37)39-34;1-5-35(6-2)28-20-21-30(31(22-28)38-39-4)33(23-24-12-10-11-15-29(24)32(36)37-33)25-16-18-27(19-17-25)34(3)26-13-8-7-9-14-26;1-19-8-10-21(11-9-19)31-22-12-15-27-26(16-22)30(18-20-6-4-5-7-24(20)29(33)35-30)25-14-13-23(32(2)3)17-28(25)34-27/h8-19,35H,6-7,20H2,1-5H3;7-22H,5-6,23,39H2,1-4H3;4-17,31H,18H2,1-3H3. The summed E-state index contributed by atoms with van der Waals surface area (Å²) in [5.41, 5.74) is 20.9. The van der Waals surface area contributed by atoms with E-state index in [-0.39, 0.29) is 17.9 Å². The molecule has 0 amide bonds. The van der Waals surface area contributed by atoms with Crippen LogP contribution in [0.4, 0.5) is 51.2 Å². The Morgan fingerprint density at radius 1 is 0.381 bits per heavy atom. The van der Waals surface area contributed by atoms with Gasteiger partial charge in [-0.2, -0.15) is 0 Å². The van der Waals surface area contributed by atoms with E-state index < -0.39 is 26.6 Å². The maximum Gasteiger partial charge on any atom is 0.339 e. The van der Waals surface area contributed by atoms with Crippen LogP contribution in [0.5, 0.6) is 28.7 Å². The fourth-order valence-corrected chi connectivity index (χ4v) is 17.0. The number of carbonyl (C=O) groups is 3. The van der Waals surface area contributed by atoms with E-state index in [2.05, 4.69) is 222 Å². The molecule has 3 unspecified atom stereocenters. The Morgan fingerprint density at radius 2 is 0.832 bits per heavy atom. The largest absolute Gasteiger partial charge is 0.549 e. The Labute approximate surface area is 665 Å². The smallest absolute Gasteiger partial charge is 0.339 e. The van der Waals surface area contributed by atoms with E-state index >= 15 is 0 Å². The van der Waals surface area contributed by atoms with E-state index in [0.29, 0.717) is 47.5 Å². The maximum absolute atomic E-state index is 13.5. The van der Waals surface area contributed by atoms with E-state index in [1.54, 1.807) is 0 Å². The van der Waals surface area contributed by atoms with Crippen molar-refractivity contribution < 1.29 is 42.5 Å². The molecule has 5 heterocycles. The predicted molar refractivity (Wildman–Crippen MR) is 457 cm³/mol. The van der Waals surface area contributed by atoms with Gasteiger partial charge in [0.25, 0.3) is 0 Å². The van der Waals surface area contributed by atoms with Gasteiger partial charge in [-0.15, -0.1) is 0 Å². The van der Waals surface area contributed by atoms with E-state index in [1.807, 2.05) is 146 Å². The molecule has 0 aromatic heterocycles. The predicted octanol–water partition coefficient (Wildman–Crippen LogP) is 21.0. The lowest BCUT2D eigenvalue weighted by Crippen LogP contribution is -2.42. The molecule has 0 saturated heterocycles. The quantitative estimate of drug-likeness (QED) is 0.0507. The van der Waals surface area contributed by atoms with E-state index in [9.17, 15) is 14.4 Å². The molecule has 572 valence electrons. The Morgan fingerprint density at radius 3 is 1.39 bits per heavy atom. The van der Waals surface area contributed by atoms with E-state index in [0.717, 1.165) is 150 Å². The van der Waals surface area contributed by atoms with Crippen molar-refractivity contribution in [2.24, 2.45) is 0 Å². The number of benzene rings is 12. The molecule has 0 saturated carbocycles. The first kappa shape index (κ1) is 75.9. The lowest BCUT2D eigenvalue weighted by Gasteiger charge is -2.43. The topological polar surface area (TPSA) is 144 Å². The molecule has 0 aliphatic carbocycles. The van der Waals surface area contributed by atoms with Crippen molar-refractivity contribution in [3.63, 3.8) is 0 Å². The van der Waals surface area contributed by atoms with Crippen molar-refractivity contribution in [1.29, 1.82) is 0 Å². The summed E-state index contributed by atoms with van der Waals surface area (Å²) < 4.78 is 38.6. The molecule has 0 radical (unpaired) electrons. The zero-order valence-corrected chi connectivity index (χ0v) is 67.8. The number of nitrogens with one attached hydrogen (secondary N) is 2. The minimum absolute atomic E-state index is 0.310. The summed E-state index contributed by atoms with van der Waals surface area (Å²) in [5, 5.41) is 7.11. The first-order chi connectivity index (χ1) is 54.7. The molecule has 3 atom stereocenters. The Kier molecular flexibility index (Phi) is 21.3. The molecule has 16 heteroatoms. The van der Waals surface area contributed by atoms with Gasteiger partial charge in [0.1, 0.15) is 28.7 Å².